The third kappa shape index (κ3) is 15.8. The first-order chi connectivity index (χ1) is 21.8. The van der Waals surface area contributed by atoms with Crippen LogP contribution in [0.25, 0.3) is 0 Å². The Hall–Kier alpha value is -2.46. The predicted octanol–water partition coefficient (Wildman–Crippen LogP) is 10.3. The molecule has 0 bridgehead atoms. The third-order valence-corrected chi connectivity index (χ3v) is 7.10. The minimum absolute atomic E-state index is 0. The van der Waals surface area contributed by atoms with Gasteiger partial charge in [-0.25, -0.2) is 0 Å². The minimum atomic E-state index is -7.37. The molecule has 3 aromatic carbocycles. The van der Waals surface area contributed by atoms with Crippen molar-refractivity contribution in [2.24, 2.45) is 0 Å². The van der Waals surface area contributed by atoms with Crippen molar-refractivity contribution in [1.82, 2.24) is 0 Å². The van der Waals surface area contributed by atoms with Crippen LogP contribution in [0.2, 0.25) is 0 Å². The van der Waals surface area contributed by atoms with Crippen LogP contribution in [-0.4, -0.2) is 48.5 Å². The molecule has 50 heavy (non-hydrogen) atoms. The van der Waals surface area contributed by atoms with Gasteiger partial charge in [0.15, 0.2) is 0 Å². The van der Waals surface area contributed by atoms with Crippen LogP contribution in [0.1, 0.15) is 79.0 Å². The summed E-state index contributed by atoms with van der Waals surface area (Å²) in [5.74, 6) is -14.7. The first kappa shape index (κ1) is 51.9. The molecule has 2 N–H and O–H groups in total. The number of rotatable bonds is 3. The van der Waals surface area contributed by atoms with Crippen LogP contribution in [0.3, 0.4) is 0 Å². The van der Waals surface area contributed by atoms with Crippen LogP contribution >= 0.6 is 0 Å². The monoisotopic (exact) mass is 923 g/mol. The fourth-order valence-electron chi connectivity index (χ4n) is 3.18. The molecule has 0 amide bonds. The van der Waals surface area contributed by atoms with E-state index in [4.69, 9.17) is 9.66 Å². The second kappa shape index (κ2) is 20.0. The number of hydrogen-bond donors (Lipinski definition) is 2. The van der Waals surface area contributed by atoms with Gasteiger partial charge < -0.3 is 5.11 Å². The average molecular weight is 922 g/mol. The van der Waals surface area contributed by atoms with Crippen molar-refractivity contribution < 1.29 is 77.4 Å². The van der Waals surface area contributed by atoms with E-state index in [9.17, 15) is 47.9 Å². The van der Waals surface area contributed by atoms with Crippen molar-refractivity contribution in [3.63, 3.8) is 0 Å². The third-order valence-electron chi connectivity index (χ3n) is 6.19. The van der Waals surface area contributed by atoms with Crippen LogP contribution in [0, 0.1) is 18.2 Å². The van der Waals surface area contributed by atoms with Gasteiger partial charge in [-0.05, 0) is 16.2 Å². The smallest absolute Gasteiger partial charge is 0.400 e. The number of benzene rings is 3. The molecule has 3 aromatic rings. The summed E-state index contributed by atoms with van der Waals surface area (Å²) < 4.78 is 134. The molecule has 0 unspecified atom stereocenters. The molecular formula is C35H44F9O4OsS+. The summed E-state index contributed by atoms with van der Waals surface area (Å²) in [5.41, 5.74) is 4.92. The Morgan fingerprint density at radius 3 is 0.800 bits per heavy atom. The Morgan fingerprint density at radius 2 is 0.680 bits per heavy atom. The van der Waals surface area contributed by atoms with Crippen LogP contribution < -0.4 is 0 Å². The number of aliphatic hydroxyl groups excluding tert-OH is 1. The SMILES string of the molecule is CC(C)(C)c1cc[c-]cc1.CC(C)(C)c1cc[c-]cc1.CC(C)(C)c1cc[c-]cc1.CO.O=S(=O)(O)C(F)(F)C(F)(F)C(F)(F)C(F)(F)F.[Os+4]. The predicted molar refractivity (Wildman–Crippen MR) is 173 cm³/mol. The average Bonchev–Trinajstić information content (AvgIpc) is 2.98. The maximum Gasteiger partial charge on any atom is 4.00 e. The molecule has 0 saturated carbocycles. The van der Waals surface area contributed by atoms with Gasteiger partial charge >= 0.3 is 53.2 Å². The van der Waals surface area contributed by atoms with E-state index in [0.29, 0.717) is 0 Å². The number of alkyl halides is 9. The summed E-state index contributed by atoms with van der Waals surface area (Å²) in [6.45, 7) is 19.9. The Morgan fingerprint density at radius 1 is 0.480 bits per heavy atom. The Bertz CT molecular complexity index is 1330. The molecule has 4 nitrogen and oxygen atoms in total. The van der Waals surface area contributed by atoms with E-state index in [1.807, 2.05) is 36.4 Å². The van der Waals surface area contributed by atoms with Crippen molar-refractivity contribution in [2.75, 3.05) is 7.11 Å². The molecule has 15 heteroatoms. The van der Waals surface area contributed by atoms with E-state index in [1.54, 1.807) is 0 Å². The summed E-state index contributed by atoms with van der Waals surface area (Å²) in [7, 11) is -6.17. The molecule has 0 aliphatic heterocycles. The minimum Gasteiger partial charge on any atom is -0.400 e. The molecule has 0 heterocycles. The zero-order valence-corrected chi connectivity index (χ0v) is 32.7. The topological polar surface area (TPSA) is 74.6 Å². The van der Waals surface area contributed by atoms with Gasteiger partial charge in [0, 0.05) is 7.11 Å². The number of halogens is 9. The normalized spacial score (nSPS) is 12.5. The molecule has 0 spiro atoms. The van der Waals surface area contributed by atoms with E-state index in [0.717, 1.165) is 7.11 Å². The Balaban J connectivity index is -0.000000590. The molecule has 0 atom stereocenters. The van der Waals surface area contributed by atoms with E-state index in [2.05, 4.69) is 117 Å². The molecule has 0 aliphatic carbocycles. The summed E-state index contributed by atoms with van der Waals surface area (Å²) in [6, 6.07) is 33.4. The summed E-state index contributed by atoms with van der Waals surface area (Å²) in [5, 5.41) is -0.000972. The molecule has 3 rings (SSSR count). The maximum absolute atomic E-state index is 12.2. The molecule has 0 aromatic heterocycles. The fourth-order valence-corrected chi connectivity index (χ4v) is 3.64. The van der Waals surface area contributed by atoms with Gasteiger partial charge in [-0.2, -0.15) is 156 Å². The van der Waals surface area contributed by atoms with Gasteiger partial charge in [-0.3, -0.25) is 4.55 Å². The Labute approximate surface area is 303 Å². The maximum atomic E-state index is 12.2. The van der Waals surface area contributed by atoms with E-state index >= 15 is 0 Å². The van der Waals surface area contributed by atoms with E-state index in [-0.39, 0.29) is 36.0 Å². The van der Waals surface area contributed by atoms with Crippen LogP contribution in [-0.2, 0) is 46.2 Å². The van der Waals surface area contributed by atoms with Gasteiger partial charge in [-0.1, -0.05) is 62.3 Å². The van der Waals surface area contributed by atoms with Gasteiger partial charge in [0.1, 0.15) is 0 Å². The van der Waals surface area contributed by atoms with Gasteiger partial charge in [-0.15, -0.1) is 0 Å². The van der Waals surface area contributed by atoms with Crippen molar-refractivity contribution in [3.8, 4) is 0 Å². The molecule has 284 valence electrons. The largest absolute Gasteiger partial charge is 4.00 e. The number of hydrogen-bond acceptors (Lipinski definition) is 3. The quantitative estimate of drug-likeness (QED) is 0.156. The van der Waals surface area contributed by atoms with Crippen molar-refractivity contribution >= 4 is 10.1 Å². The molecular weight excluding hydrogens is 878 g/mol. The second-order valence-electron chi connectivity index (χ2n) is 13.3. The summed E-state index contributed by atoms with van der Waals surface area (Å²) in [4.78, 5) is 0. The standard InChI is InChI=1S/3C10H13.C4HF9O3S.CH4O.Os/c3*1-10(2,3)9-7-5-4-6-8-9;5-1(6,3(9,10)11)2(7,8)4(12,13)17(14,15)16;1-2;/h3*5-8H,1-3H3;(H,14,15,16);2H,1H3;/q3*-1;;;+4. The van der Waals surface area contributed by atoms with Gasteiger partial charge in [0.2, 0.25) is 0 Å². The summed E-state index contributed by atoms with van der Waals surface area (Å²) in [6.07, 6.45) is -7.13. The molecule has 0 saturated heterocycles. The van der Waals surface area contributed by atoms with Crippen LogP contribution in [0.5, 0.6) is 0 Å². The van der Waals surface area contributed by atoms with Gasteiger partial charge in [0.05, 0.1) is 0 Å². The van der Waals surface area contributed by atoms with E-state index in [1.165, 1.54) is 16.7 Å². The van der Waals surface area contributed by atoms with Crippen molar-refractivity contribution in [3.05, 3.63) is 108 Å². The summed E-state index contributed by atoms with van der Waals surface area (Å²) >= 11 is 0. The van der Waals surface area contributed by atoms with Crippen molar-refractivity contribution in [2.45, 2.75) is 102 Å². The van der Waals surface area contributed by atoms with Gasteiger partial charge in [0.25, 0.3) is 0 Å². The van der Waals surface area contributed by atoms with E-state index < -0.39 is 33.4 Å². The molecule has 0 radical (unpaired) electrons. The molecule has 0 fully saturated rings. The van der Waals surface area contributed by atoms with Crippen molar-refractivity contribution in [1.29, 1.82) is 0 Å². The zero-order chi connectivity index (χ0) is 39.3. The molecule has 0 aliphatic rings. The fraction of sp³-hybridized carbons (Fsp3) is 0.486. The van der Waals surface area contributed by atoms with Crippen LogP contribution in [0.4, 0.5) is 39.5 Å². The first-order valence-corrected chi connectivity index (χ1v) is 15.8. The Kier molecular flexibility index (Phi) is 20.7. The zero-order valence-electron chi connectivity index (χ0n) is 29.3. The van der Waals surface area contributed by atoms with Crippen LogP contribution in [0.15, 0.2) is 72.8 Å². The second-order valence-corrected chi connectivity index (χ2v) is 14.7. The first-order valence-electron chi connectivity index (χ1n) is 14.3. The number of aliphatic hydroxyl groups is 1.